The second kappa shape index (κ2) is 4.78. The maximum absolute atomic E-state index is 10.8. The van der Waals surface area contributed by atoms with E-state index in [-0.39, 0.29) is 6.42 Å². The molecule has 0 fully saturated rings. The quantitative estimate of drug-likeness (QED) is 0.923. The third-order valence-electron chi connectivity index (χ3n) is 2.68. The number of aliphatic carboxylic acids is 1. The number of hydrogen-bond acceptors (Lipinski definition) is 3. The van der Waals surface area contributed by atoms with E-state index in [1.807, 2.05) is 19.1 Å². The highest BCUT2D eigenvalue weighted by atomic mass is 35.5. The topological polar surface area (TPSA) is 68.0 Å². The fourth-order valence-corrected chi connectivity index (χ4v) is 1.82. The lowest BCUT2D eigenvalue weighted by molar-refractivity contribution is -0.136. The van der Waals surface area contributed by atoms with Crippen molar-refractivity contribution in [2.24, 2.45) is 0 Å². The standard InChI is InChI=1S/C12H12ClN3O2/c1-7-3-4-9(5-10(7)13)16-11(6-12(17)18)8(2)14-15-16/h3-5H,6H2,1-2H3,(H,17,18). The second-order valence-electron chi connectivity index (χ2n) is 4.04. The van der Waals surface area contributed by atoms with Crippen LogP contribution in [0.1, 0.15) is 17.0 Å². The van der Waals surface area contributed by atoms with Gasteiger partial charge in [-0.2, -0.15) is 0 Å². The van der Waals surface area contributed by atoms with Crippen molar-refractivity contribution in [3.05, 3.63) is 40.2 Å². The summed E-state index contributed by atoms with van der Waals surface area (Å²) in [6.07, 6.45) is -0.121. The van der Waals surface area contributed by atoms with Crippen LogP contribution in [-0.4, -0.2) is 26.1 Å². The Labute approximate surface area is 109 Å². The molecule has 0 aliphatic heterocycles. The summed E-state index contributed by atoms with van der Waals surface area (Å²) >= 11 is 6.05. The Hall–Kier alpha value is -1.88. The monoisotopic (exact) mass is 265 g/mol. The van der Waals surface area contributed by atoms with Gasteiger partial charge in [-0.1, -0.05) is 22.9 Å². The molecule has 94 valence electrons. The lowest BCUT2D eigenvalue weighted by atomic mass is 10.2. The summed E-state index contributed by atoms with van der Waals surface area (Å²) in [6.45, 7) is 3.63. The Bertz CT molecular complexity index is 607. The minimum absolute atomic E-state index is 0.121. The number of halogens is 1. The van der Waals surface area contributed by atoms with Crippen LogP contribution in [0.4, 0.5) is 0 Å². The molecule has 1 heterocycles. The summed E-state index contributed by atoms with van der Waals surface area (Å²) in [4.78, 5) is 10.8. The fraction of sp³-hybridized carbons (Fsp3) is 0.250. The first-order chi connectivity index (χ1) is 8.49. The average molecular weight is 266 g/mol. The number of nitrogens with zero attached hydrogens (tertiary/aromatic N) is 3. The Morgan fingerprint density at radius 1 is 1.44 bits per heavy atom. The van der Waals surface area contributed by atoms with E-state index in [1.54, 1.807) is 13.0 Å². The summed E-state index contributed by atoms with van der Waals surface area (Å²) in [5, 5.41) is 17.4. The van der Waals surface area contributed by atoms with Crippen LogP contribution in [-0.2, 0) is 11.2 Å². The minimum Gasteiger partial charge on any atom is -0.481 e. The maximum atomic E-state index is 10.8. The third kappa shape index (κ3) is 2.36. The molecule has 2 aromatic rings. The zero-order chi connectivity index (χ0) is 13.3. The van der Waals surface area contributed by atoms with Gasteiger partial charge in [0.05, 0.1) is 23.5 Å². The van der Waals surface area contributed by atoms with Crippen LogP contribution in [0, 0.1) is 13.8 Å². The minimum atomic E-state index is -0.917. The van der Waals surface area contributed by atoms with Crippen molar-refractivity contribution in [1.29, 1.82) is 0 Å². The van der Waals surface area contributed by atoms with Gasteiger partial charge in [-0.15, -0.1) is 5.10 Å². The highest BCUT2D eigenvalue weighted by Gasteiger charge is 2.14. The molecule has 1 aromatic heterocycles. The lowest BCUT2D eigenvalue weighted by Crippen LogP contribution is -2.09. The van der Waals surface area contributed by atoms with Crippen molar-refractivity contribution in [2.75, 3.05) is 0 Å². The number of carbonyl (C=O) groups is 1. The van der Waals surface area contributed by atoms with Crippen molar-refractivity contribution in [3.8, 4) is 5.69 Å². The first-order valence-electron chi connectivity index (χ1n) is 5.38. The predicted molar refractivity (Wildman–Crippen MR) is 67.2 cm³/mol. The molecule has 2 rings (SSSR count). The molecule has 5 nitrogen and oxygen atoms in total. The van der Waals surface area contributed by atoms with E-state index in [1.165, 1.54) is 4.68 Å². The van der Waals surface area contributed by atoms with Gasteiger partial charge in [0.1, 0.15) is 0 Å². The molecule has 0 saturated heterocycles. The summed E-state index contributed by atoms with van der Waals surface area (Å²) in [5.41, 5.74) is 2.83. The number of rotatable bonds is 3. The van der Waals surface area contributed by atoms with Gasteiger partial charge in [-0.3, -0.25) is 4.79 Å². The van der Waals surface area contributed by atoms with E-state index in [4.69, 9.17) is 16.7 Å². The van der Waals surface area contributed by atoms with Crippen molar-refractivity contribution in [3.63, 3.8) is 0 Å². The van der Waals surface area contributed by atoms with E-state index < -0.39 is 5.97 Å². The van der Waals surface area contributed by atoms with Crippen LogP contribution in [0.25, 0.3) is 5.69 Å². The van der Waals surface area contributed by atoms with Gasteiger partial charge in [-0.05, 0) is 31.5 Å². The van der Waals surface area contributed by atoms with Gasteiger partial charge < -0.3 is 5.11 Å². The van der Waals surface area contributed by atoms with Crippen molar-refractivity contribution in [2.45, 2.75) is 20.3 Å². The summed E-state index contributed by atoms with van der Waals surface area (Å²) in [7, 11) is 0. The molecular formula is C12H12ClN3O2. The molecule has 0 radical (unpaired) electrons. The highest BCUT2D eigenvalue weighted by molar-refractivity contribution is 6.31. The Morgan fingerprint density at radius 3 is 2.78 bits per heavy atom. The van der Waals surface area contributed by atoms with Gasteiger partial charge in [-0.25, -0.2) is 4.68 Å². The third-order valence-corrected chi connectivity index (χ3v) is 3.08. The number of carboxylic acids is 1. The second-order valence-corrected chi connectivity index (χ2v) is 4.44. The molecule has 0 aliphatic rings. The van der Waals surface area contributed by atoms with Gasteiger partial charge in [0, 0.05) is 5.02 Å². The number of benzene rings is 1. The first-order valence-corrected chi connectivity index (χ1v) is 5.76. The van der Waals surface area contributed by atoms with E-state index >= 15 is 0 Å². The van der Waals surface area contributed by atoms with Crippen molar-refractivity contribution < 1.29 is 9.90 Å². The highest BCUT2D eigenvalue weighted by Crippen LogP contribution is 2.20. The van der Waals surface area contributed by atoms with Gasteiger partial charge in [0.2, 0.25) is 0 Å². The summed E-state index contributed by atoms with van der Waals surface area (Å²) in [6, 6.07) is 5.44. The Kier molecular flexibility index (Phi) is 3.34. The molecule has 0 bridgehead atoms. The molecular weight excluding hydrogens is 254 g/mol. The van der Waals surface area contributed by atoms with Crippen molar-refractivity contribution >= 4 is 17.6 Å². The number of carboxylic acid groups (broad SMARTS) is 1. The van der Waals surface area contributed by atoms with E-state index in [0.717, 1.165) is 5.56 Å². The summed E-state index contributed by atoms with van der Waals surface area (Å²) < 4.78 is 1.51. The van der Waals surface area contributed by atoms with Crippen LogP contribution in [0.5, 0.6) is 0 Å². The molecule has 0 amide bonds. The molecule has 0 saturated carbocycles. The van der Waals surface area contributed by atoms with E-state index in [2.05, 4.69) is 10.3 Å². The van der Waals surface area contributed by atoms with Crippen LogP contribution < -0.4 is 0 Å². The Balaban J connectivity index is 2.50. The zero-order valence-electron chi connectivity index (χ0n) is 10.0. The largest absolute Gasteiger partial charge is 0.481 e. The number of aryl methyl sites for hydroxylation is 2. The molecule has 0 unspecified atom stereocenters. The Morgan fingerprint density at radius 2 is 2.17 bits per heavy atom. The molecule has 0 aliphatic carbocycles. The lowest BCUT2D eigenvalue weighted by Gasteiger charge is -2.07. The molecule has 1 N–H and O–H groups in total. The van der Waals surface area contributed by atoms with Crippen LogP contribution in [0.3, 0.4) is 0 Å². The normalized spacial score (nSPS) is 10.6. The smallest absolute Gasteiger partial charge is 0.309 e. The van der Waals surface area contributed by atoms with E-state index in [0.29, 0.717) is 22.1 Å². The van der Waals surface area contributed by atoms with Gasteiger partial charge in [0.15, 0.2) is 0 Å². The molecule has 1 aromatic carbocycles. The summed E-state index contributed by atoms with van der Waals surface area (Å²) in [5.74, 6) is -0.917. The maximum Gasteiger partial charge on any atom is 0.309 e. The molecule has 18 heavy (non-hydrogen) atoms. The van der Waals surface area contributed by atoms with Gasteiger partial charge >= 0.3 is 5.97 Å². The number of hydrogen-bond donors (Lipinski definition) is 1. The van der Waals surface area contributed by atoms with Gasteiger partial charge in [0.25, 0.3) is 0 Å². The molecule has 0 spiro atoms. The van der Waals surface area contributed by atoms with Crippen LogP contribution in [0.2, 0.25) is 5.02 Å². The zero-order valence-corrected chi connectivity index (χ0v) is 10.8. The van der Waals surface area contributed by atoms with E-state index in [9.17, 15) is 4.79 Å². The number of aromatic nitrogens is 3. The van der Waals surface area contributed by atoms with Crippen molar-refractivity contribution in [1.82, 2.24) is 15.0 Å². The molecule has 6 heteroatoms. The predicted octanol–water partition coefficient (Wildman–Crippen LogP) is 2.16. The first kappa shape index (κ1) is 12.6. The molecule has 0 atom stereocenters. The SMILES string of the molecule is Cc1ccc(-n2nnc(C)c2CC(=O)O)cc1Cl. The van der Waals surface area contributed by atoms with Crippen LogP contribution >= 0.6 is 11.6 Å². The van der Waals surface area contributed by atoms with Crippen LogP contribution in [0.15, 0.2) is 18.2 Å². The fourth-order valence-electron chi connectivity index (χ4n) is 1.64. The average Bonchev–Trinajstić information content (AvgIpc) is 2.64.